The van der Waals surface area contributed by atoms with Crippen molar-refractivity contribution in [3.05, 3.63) is 64.7 Å². The van der Waals surface area contributed by atoms with E-state index in [1.165, 1.54) is 9.08 Å². The second-order valence-corrected chi connectivity index (χ2v) is 7.23. The molecular formula is C20H20N4O4. The van der Waals surface area contributed by atoms with Gasteiger partial charge in [-0.05, 0) is 42.7 Å². The molecule has 8 nitrogen and oxygen atoms in total. The Morgan fingerprint density at radius 2 is 2.00 bits per heavy atom. The lowest BCUT2D eigenvalue weighted by Gasteiger charge is -2.36. The number of carbonyl (C=O) groups excluding carboxylic acids is 1. The lowest BCUT2D eigenvalue weighted by atomic mass is 9.66. The van der Waals surface area contributed by atoms with Crippen LogP contribution in [0.15, 0.2) is 53.5 Å². The van der Waals surface area contributed by atoms with Crippen LogP contribution in [0, 0.1) is 5.41 Å². The van der Waals surface area contributed by atoms with Crippen LogP contribution in [0.5, 0.6) is 0 Å². The van der Waals surface area contributed by atoms with E-state index >= 15 is 0 Å². The molecule has 0 radical (unpaired) electrons. The number of anilines is 1. The zero-order valence-electron chi connectivity index (χ0n) is 15.2. The Morgan fingerprint density at radius 1 is 1.18 bits per heavy atom. The molecule has 3 aromatic rings. The molecule has 2 aromatic heterocycles. The van der Waals surface area contributed by atoms with Gasteiger partial charge in [-0.3, -0.25) is 14.0 Å². The monoisotopic (exact) mass is 380 g/mol. The molecular weight excluding hydrogens is 360 g/mol. The Hall–Kier alpha value is -3.42. The van der Waals surface area contributed by atoms with E-state index in [0.29, 0.717) is 24.2 Å². The number of pyridine rings is 1. The van der Waals surface area contributed by atoms with Gasteiger partial charge in [0, 0.05) is 18.3 Å². The van der Waals surface area contributed by atoms with E-state index in [9.17, 15) is 19.5 Å². The minimum atomic E-state index is -0.925. The van der Waals surface area contributed by atoms with Gasteiger partial charge in [-0.15, -0.1) is 5.10 Å². The normalized spacial score (nSPS) is 15.1. The Labute approximate surface area is 160 Å². The van der Waals surface area contributed by atoms with Crippen molar-refractivity contribution >= 4 is 23.2 Å². The number of aromatic nitrogens is 3. The molecule has 2 N–H and O–H groups in total. The molecule has 8 heteroatoms. The second kappa shape index (κ2) is 6.95. The van der Waals surface area contributed by atoms with Crippen LogP contribution >= 0.6 is 0 Å². The van der Waals surface area contributed by atoms with Crippen LogP contribution in [0.3, 0.4) is 0 Å². The molecule has 0 unspecified atom stereocenters. The van der Waals surface area contributed by atoms with Crippen molar-refractivity contribution in [1.29, 1.82) is 0 Å². The van der Waals surface area contributed by atoms with Gasteiger partial charge in [-0.25, -0.2) is 9.48 Å². The molecule has 0 saturated heterocycles. The van der Waals surface area contributed by atoms with Crippen molar-refractivity contribution in [2.45, 2.75) is 32.2 Å². The van der Waals surface area contributed by atoms with Crippen LogP contribution in [0.25, 0.3) is 5.65 Å². The molecule has 1 aliphatic rings. The fraction of sp³-hybridized carbons (Fsp3) is 0.300. The van der Waals surface area contributed by atoms with E-state index in [4.69, 9.17) is 0 Å². The number of nitrogens with zero attached hydrogens (tertiary/aromatic N) is 3. The molecule has 1 saturated carbocycles. The number of nitrogens with one attached hydrogen (secondary N) is 1. The van der Waals surface area contributed by atoms with Gasteiger partial charge >= 0.3 is 11.7 Å². The Morgan fingerprint density at radius 3 is 2.68 bits per heavy atom. The average Bonchev–Trinajstić information content (AvgIpc) is 2.94. The molecule has 0 bridgehead atoms. The first-order valence-corrected chi connectivity index (χ1v) is 9.13. The Kier molecular flexibility index (Phi) is 4.46. The number of rotatable bonds is 6. The highest BCUT2D eigenvalue weighted by atomic mass is 16.4. The number of carboxylic acids is 1. The summed E-state index contributed by atoms with van der Waals surface area (Å²) < 4.78 is 2.83. The molecule has 0 atom stereocenters. The standard InChI is InChI=1S/C20H20N4O4/c25-17(12-20(18(26)27)8-4-9-20)21-15-6-3-5-14(11-15)13-24-19(28)23-10-2-1-7-16(23)22-24/h1-3,5-7,10-11H,4,8-9,12-13H2,(H,21,25)(H,26,27). The first-order chi connectivity index (χ1) is 13.5. The largest absolute Gasteiger partial charge is 0.481 e. The van der Waals surface area contributed by atoms with Crippen LogP contribution in [-0.2, 0) is 16.1 Å². The van der Waals surface area contributed by atoms with Gasteiger partial charge in [0.05, 0.1) is 12.0 Å². The maximum absolute atomic E-state index is 12.4. The van der Waals surface area contributed by atoms with Crippen LogP contribution in [0.2, 0.25) is 0 Å². The molecule has 4 rings (SSSR count). The molecule has 2 heterocycles. The summed E-state index contributed by atoms with van der Waals surface area (Å²) in [5.74, 6) is -1.22. The number of aliphatic carboxylic acids is 1. The van der Waals surface area contributed by atoms with Gasteiger partial charge in [0.2, 0.25) is 5.91 Å². The first-order valence-electron chi connectivity index (χ1n) is 9.13. The highest BCUT2D eigenvalue weighted by molar-refractivity contribution is 5.94. The van der Waals surface area contributed by atoms with E-state index in [1.807, 2.05) is 12.1 Å². The number of hydrogen-bond acceptors (Lipinski definition) is 4. The Bertz CT molecular complexity index is 1110. The van der Waals surface area contributed by atoms with E-state index in [1.54, 1.807) is 36.5 Å². The third kappa shape index (κ3) is 3.28. The molecule has 28 heavy (non-hydrogen) atoms. The summed E-state index contributed by atoms with van der Waals surface area (Å²) in [6, 6.07) is 12.5. The summed E-state index contributed by atoms with van der Waals surface area (Å²) in [7, 11) is 0. The van der Waals surface area contributed by atoms with Gasteiger partial charge in [0.1, 0.15) is 0 Å². The molecule has 1 aromatic carbocycles. The number of amides is 1. The molecule has 1 fully saturated rings. The molecule has 1 amide bonds. The van der Waals surface area contributed by atoms with Crippen molar-refractivity contribution in [1.82, 2.24) is 14.2 Å². The topological polar surface area (TPSA) is 106 Å². The Balaban J connectivity index is 1.48. The smallest absolute Gasteiger partial charge is 0.350 e. The lowest BCUT2D eigenvalue weighted by molar-refractivity contribution is -0.157. The van der Waals surface area contributed by atoms with Crippen molar-refractivity contribution in [2.24, 2.45) is 5.41 Å². The quantitative estimate of drug-likeness (QED) is 0.681. The highest BCUT2D eigenvalue weighted by Gasteiger charge is 2.45. The lowest BCUT2D eigenvalue weighted by Crippen LogP contribution is -2.41. The third-order valence-electron chi connectivity index (χ3n) is 5.29. The number of benzene rings is 1. The van der Waals surface area contributed by atoms with Gasteiger partial charge in [0.15, 0.2) is 5.65 Å². The van der Waals surface area contributed by atoms with Gasteiger partial charge in [0.25, 0.3) is 0 Å². The molecule has 144 valence electrons. The number of carbonyl (C=O) groups is 2. The van der Waals surface area contributed by atoms with E-state index in [2.05, 4.69) is 10.4 Å². The summed E-state index contributed by atoms with van der Waals surface area (Å²) in [5.41, 5.74) is 0.778. The zero-order chi connectivity index (χ0) is 19.7. The SMILES string of the molecule is O=C(CC1(C(=O)O)CCC1)Nc1cccc(Cn2nc3ccccn3c2=O)c1. The van der Waals surface area contributed by atoms with Crippen LogP contribution < -0.4 is 11.0 Å². The second-order valence-electron chi connectivity index (χ2n) is 7.23. The van der Waals surface area contributed by atoms with Gasteiger partial charge in [-0.2, -0.15) is 0 Å². The maximum atomic E-state index is 12.4. The summed E-state index contributed by atoms with van der Waals surface area (Å²) in [6.45, 7) is 0.267. The minimum Gasteiger partial charge on any atom is -0.481 e. The average molecular weight is 380 g/mol. The van der Waals surface area contributed by atoms with E-state index in [-0.39, 0.29) is 24.6 Å². The highest BCUT2D eigenvalue weighted by Crippen LogP contribution is 2.44. The molecule has 1 aliphatic carbocycles. The van der Waals surface area contributed by atoms with E-state index < -0.39 is 11.4 Å². The predicted molar refractivity (Wildman–Crippen MR) is 102 cm³/mol. The van der Waals surface area contributed by atoms with Gasteiger partial charge in [-0.1, -0.05) is 24.6 Å². The van der Waals surface area contributed by atoms with Crippen molar-refractivity contribution in [3.63, 3.8) is 0 Å². The van der Waals surface area contributed by atoms with Gasteiger partial charge < -0.3 is 10.4 Å². The summed E-state index contributed by atoms with van der Waals surface area (Å²) >= 11 is 0. The fourth-order valence-corrected chi connectivity index (χ4v) is 3.57. The summed E-state index contributed by atoms with van der Waals surface area (Å²) in [5, 5.41) is 16.4. The minimum absolute atomic E-state index is 0.0293. The number of hydrogen-bond donors (Lipinski definition) is 2. The predicted octanol–water partition coefficient (Wildman–Crippen LogP) is 2.13. The third-order valence-corrected chi connectivity index (χ3v) is 5.29. The molecule has 0 aliphatic heterocycles. The maximum Gasteiger partial charge on any atom is 0.350 e. The first kappa shape index (κ1) is 18.0. The van der Waals surface area contributed by atoms with Crippen molar-refractivity contribution < 1.29 is 14.7 Å². The number of fused-ring (bicyclic) bond motifs is 1. The van der Waals surface area contributed by atoms with Crippen molar-refractivity contribution in [3.8, 4) is 0 Å². The fourth-order valence-electron chi connectivity index (χ4n) is 3.57. The summed E-state index contributed by atoms with van der Waals surface area (Å²) in [4.78, 5) is 36.1. The summed E-state index contributed by atoms with van der Waals surface area (Å²) in [6.07, 6.45) is 3.54. The van der Waals surface area contributed by atoms with Crippen LogP contribution in [0.4, 0.5) is 5.69 Å². The van der Waals surface area contributed by atoms with Crippen LogP contribution in [0.1, 0.15) is 31.2 Å². The van der Waals surface area contributed by atoms with Crippen LogP contribution in [-0.4, -0.2) is 31.2 Å². The van der Waals surface area contributed by atoms with Crippen molar-refractivity contribution in [2.75, 3.05) is 5.32 Å². The van der Waals surface area contributed by atoms with E-state index in [0.717, 1.165) is 12.0 Å². The molecule has 0 spiro atoms. The number of carboxylic acid groups (broad SMARTS) is 1. The zero-order valence-corrected chi connectivity index (χ0v) is 15.2.